The molecule has 2 rings (SSSR count). The van der Waals surface area contributed by atoms with Crippen LogP contribution in [-0.4, -0.2) is 25.4 Å². The third kappa shape index (κ3) is 3.36. The number of carbonyl (C=O) groups excluding carboxylic acids is 2. The lowest BCUT2D eigenvalue weighted by atomic mass is 9.81. The van der Waals surface area contributed by atoms with E-state index in [1.54, 1.807) is 0 Å². The van der Waals surface area contributed by atoms with E-state index >= 15 is 0 Å². The number of ether oxygens (including phenoxy) is 1. The molecule has 0 amide bonds. The molecule has 1 saturated carbocycles. The predicted octanol–water partition coefficient (Wildman–Crippen LogP) is 5.21. The third-order valence-electron chi connectivity index (χ3n) is 7.47. The first-order valence-electron chi connectivity index (χ1n) is 9.54. The summed E-state index contributed by atoms with van der Waals surface area (Å²) in [7, 11) is -1.65. The van der Waals surface area contributed by atoms with Gasteiger partial charge < -0.3 is 4.74 Å². The van der Waals surface area contributed by atoms with Crippen molar-refractivity contribution in [1.82, 2.24) is 0 Å². The van der Waals surface area contributed by atoms with Gasteiger partial charge in [-0.1, -0.05) is 40.8 Å². The molecule has 4 atom stereocenters. The molecule has 24 heavy (non-hydrogen) atoms. The van der Waals surface area contributed by atoms with Crippen LogP contribution in [0.2, 0.25) is 23.7 Å². The van der Waals surface area contributed by atoms with Crippen LogP contribution in [0.5, 0.6) is 0 Å². The van der Waals surface area contributed by atoms with Crippen LogP contribution in [0.1, 0.15) is 67.2 Å². The van der Waals surface area contributed by atoms with E-state index in [2.05, 4.69) is 47.7 Å². The number of ketones is 1. The Morgan fingerprint density at radius 3 is 2.12 bits per heavy atom. The van der Waals surface area contributed by atoms with Gasteiger partial charge in [-0.3, -0.25) is 9.59 Å². The molecule has 0 aromatic rings. The maximum Gasteiger partial charge on any atom is 0.309 e. The molecule has 0 aromatic heterocycles. The molecule has 0 spiro atoms. The van der Waals surface area contributed by atoms with Crippen LogP contribution in [0, 0.1) is 17.8 Å². The summed E-state index contributed by atoms with van der Waals surface area (Å²) >= 11 is 0. The van der Waals surface area contributed by atoms with E-state index < -0.39 is 13.7 Å². The zero-order valence-corrected chi connectivity index (χ0v) is 17.9. The van der Waals surface area contributed by atoms with Gasteiger partial charge in [-0.05, 0) is 49.6 Å². The molecule has 1 saturated heterocycles. The molecule has 0 aromatic carbocycles. The van der Waals surface area contributed by atoms with Crippen molar-refractivity contribution in [2.24, 2.45) is 17.8 Å². The van der Waals surface area contributed by atoms with Crippen molar-refractivity contribution in [3.8, 4) is 0 Å². The second-order valence-corrected chi connectivity index (χ2v) is 15.8. The fourth-order valence-electron chi connectivity index (χ4n) is 4.93. The molecule has 2 aliphatic rings. The molecule has 1 aliphatic heterocycles. The minimum atomic E-state index is -1.65. The van der Waals surface area contributed by atoms with E-state index in [9.17, 15) is 9.59 Å². The molecule has 138 valence electrons. The lowest BCUT2D eigenvalue weighted by Crippen LogP contribution is -2.51. The first-order chi connectivity index (χ1) is 10.8. The molecule has 1 aliphatic carbocycles. The van der Waals surface area contributed by atoms with Crippen LogP contribution < -0.4 is 0 Å². The molecule has 0 N–H and O–H groups in total. The van der Waals surface area contributed by atoms with Crippen molar-refractivity contribution in [3.63, 3.8) is 0 Å². The average molecular weight is 353 g/mol. The van der Waals surface area contributed by atoms with Gasteiger partial charge in [0.25, 0.3) is 0 Å². The summed E-state index contributed by atoms with van der Waals surface area (Å²) in [5.41, 5.74) is 0.0205. The monoisotopic (exact) mass is 352 g/mol. The van der Waals surface area contributed by atoms with E-state index in [0.29, 0.717) is 17.7 Å². The number of Topliss-reactive ketones (excluding diaryl/α,β-unsaturated/α-hetero) is 1. The Balaban J connectivity index is 2.29. The van der Waals surface area contributed by atoms with Crippen LogP contribution >= 0.6 is 0 Å². The molecule has 3 nitrogen and oxygen atoms in total. The van der Waals surface area contributed by atoms with E-state index in [4.69, 9.17) is 4.74 Å². The molecule has 2 fully saturated rings. The summed E-state index contributed by atoms with van der Waals surface area (Å²) in [5, 5.41) is 0.262. The lowest BCUT2D eigenvalue weighted by molar-refractivity contribution is -0.162. The zero-order chi connectivity index (χ0) is 18.5. The molecule has 0 bridgehead atoms. The normalized spacial score (nSPS) is 34.8. The Hall–Kier alpha value is -0.643. The highest BCUT2D eigenvalue weighted by Gasteiger charge is 2.53. The van der Waals surface area contributed by atoms with Crippen LogP contribution in [0.3, 0.4) is 0 Å². The summed E-state index contributed by atoms with van der Waals surface area (Å²) in [5.74, 6) is 0.347. The van der Waals surface area contributed by atoms with Crippen LogP contribution in [0.15, 0.2) is 0 Å². The lowest BCUT2D eigenvalue weighted by Gasteiger charge is -2.48. The molecule has 4 heteroatoms. The summed E-state index contributed by atoms with van der Waals surface area (Å²) in [4.78, 5) is 24.8. The van der Waals surface area contributed by atoms with Gasteiger partial charge in [0.2, 0.25) is 0 Å². The van der Waals surface area contributed by atoms with Gasteiger partial charge in [-0.25, -0.2) is 0 Å². The SMILES string of the molecule is C[C@H]1C(=O)CC[C@@H]1[C@@H]1CC[C@H]([Si](C)(C)C(C)(C)C)C(C)(C)OC1=O. The van der Waals surface area contributed by atoms with Crippen LogP contribution in [0.4, 0.5) is 0 Å². The summed E-state index contributed by atoms with van der Waals surface area (Å²) in [6.45, 7) is 18.1. The summed E-state index contributed by atoms with van der Waals surface area (Å²) < 4.78 is 6.09. The van der Waals surface area contributed by atoms with Gasteiger partial charge in [0.05, 0.1) is 14.0 Å². The first kappa shape index (κ1) is 19.7. The van der Waals surface area contributed by atoms with E-state index in [0.717, 1.165) is 19.3 Å². The van der Waals surface area contributed by atoms with Gasteiger partial charge in [0.15, 0.2) is 0 Å². The third-order valence-corrected chi connectivity index (χ3v) is 14.1. The molecule has 1 heterocycles. The van der Waals surface area contributed by atoms with Gasteiger partial charge in [0, 0.05) is 12.3 Å². The number of esters is 1. The van der Waals surface area contributed by atoms with Crippen molar-refractivity contribution in [1.29, 1.82) is 0 Å². The Kier molecular flexibility index (Phi) is 5.13. The molecule has 0 radical (unpaired) electrons. The molecular formula is C20H36O3Si. The number of cyclic esters (lactones) is 1. The minimum Gasteiger partial charge on any atom is -0.459 e. The Bertz CT molecular complexity index is 515. The van der Waals surface area contributed by atoms with Crippen LogP contribution in [0.25, 0.3) is 0 Å². The molecule has 0 unspecified atom stereocenters. The second-order valence-electron chi connectivity index (χ2n) is 10.2. The summed E-state index contributed by atoms with van der Waals surface area (Å²) in [6, 6.07) is 0. The highest BCUT2D eigenvalue weighted by atomic mass is 28.3. The maximum absolute atomic E-state index is 12.9. The quantitative estimate of drug-likeness (QED) is 0.506. The van der Waals surface area contributed by atoms with Crippen molar-refractivity contribution < 1.29 is 14.3 Å². The van der Waals surface area contributed by atoms with Gasteiger partial charge in [-0.2, -0.15) is 0 Å². The maximum atomic E-state index is 12.9. The van der Waals surface area contributed by atoms with Crippen molar-refractivity contribution >= 4 is 19.8 Å². The second kappa shape index (κ2) is 6.26. The van der Waals surface area contributed by atoms with Gasteiger partial charge in [-0.15, -0.1) is 0 Å². The Morgan fingerprint density at radius 1 is 1.08 bits per heavy atom. The average Bonchev–Trinajstić information content (AvgIpc) is 2.65. The zero-order valence-electron chi connectivity index (χ0n) is 16.9. The summed E-state index contributed by atoms with van der Waals surface area (Å²) in [6.07, 6.45) is 3.40. The number of rotatable bonds is 2. The predicted molar refractivity (Wildman–Crippen MR) is 101 cm³/mol. The van der Waals surface area contributed by atoms with E-state index in [1.807, 2.05) is 6.92 Å². The standard InChI is InChI=1S/C20H36O3Si/c1-13-14(9-11-16(13)21)15-10-12-17(20(5,6)23-18(15)22)24(7,8)19(2,3)4/h13-15,17H,9-12H2,1-8H3/t13-,14+,15+,17+/m1/s1. The number of carbonyl (C=O) groups is 2. The van der Waals surface area contributed by atoms with E-state index in [-0.39, 0.29) is 28.8 Å². The highest BCUT2D eigenvalue weighted by Crippen LogP contribution is 2.53. The van der Waals surface area contributed by atoms with Crippen molar-refractivity contribution in [3.05, 3.63) is 0 Å². The first-order valence-corrected chi connectivity index (χ1v) is 12.6. The smallest absolute Gasteiger partial charge is 0.309 e. The highest BCUT2D eigenvalue weighted by molar-refractivity contribution is 6.81. The van der Waals surface area contributed by atoms with E-state index in [1.165, 1.54) is 0 Å². The van der Waals surface area contributed by atoms with Crippen molar-refractivity contribution in [2.75, 3.05) is 0 Å². The number of hydrogen-bond acceptors (Lipinski definition) is 3. The Morgan fingerprint density at radius 2 is 1.67 bits per heavy atom. The van der Waals surface area contributed by atoms with Gasteiger partial charge >= 0.3 is 5.97 Å². The van der Waals surface area contributed by atoms with Crippen LogP contribution in [-0.2, 0) is 14.3 Å². The molecular weight excluding hydrogens is 316 g/mol. The van der Waals surface area contributed by atoms with Gasteiger partial charge in [0.1, 0.15) is 11.4 Å². The van der Waals surface area contributed by atoms with Crippen molar-refractivity contribution in [2.45, 2.75) is 96.5 Å². The number of hydrogen-bond donors (Lipinski definition) is 0. The largest absolute Gasteiger partial charge is 0.459 e. The minimum absolute atomic E-state index is 0.00934. The fourth-order valence-corrected chi connectivity index (χ4v) is 8.66. The topological polar surface area (TPSA) is 43.4 Å². The fraction of sp³-hybridized carbons (Fsp3) is 0.900. The Labute approximate surface area is 148 Å².